The van der Waals surface area contributed by atoms with E-state index >= 15 is 0 Å². The van der Waals surface area contributed by atoms with Crippen LogP contribution in [-0.2, 0) is 12.8 Å². The Morgan fingerprint density at radius 3 is 2.75 bits per heavy atom. The summed E-state index contributed by atoms with van der Waals surface area (Å²) in [6, 6.07) is 16.2. The van der Waals surface area contributed by atoms with Crippen molar-refractivity contribution >= 4 is 29.1 Å². The van der Waals surface area contributed by atoms with E-state index in [0.717, 1.165) is 17.7 Å². The van der Waals surface area contributed by atoms with Gasteiger partial charge < -0.3 is 10.2 Å². The summed E-state index contributed by atoms with van der Waals surface area (Å²) in [4.78, 5) is 23.4. The van der Waals surface area contributed by atoms with Gasteiger partial charge in [0.05, 0.1) is 5.56 Å². The molecular weight excluding hydrogens is 372 g/mol. The summed E-state index contributed by atoms with van der Waals surface area (Å²) in [6.07, 6.45) is 4.86. The van der Waals surface area contributed by atoms with Gasteiger partial charge in [0.2, 0.25) is 5.95 Å². The minimum atomic E-state index is -0.177. The summed E-state index contributed by atoms with van der Waals surface area (Å²) in [7, 11) is 0. The highest BCUT2D eigenvalue weighted by atomic mass is 35.5. The molecule has 1 amide bonds. The molecule has 1 N–H and O–H groups in total. The third-order valence-electron chi connectivity index (χ3n) is 4.91. The SMILES string of the molecule is CC1Cc2ccccc2N1c1ncc(C(=O)NCCc2cccc(Cl)c2)cn1. The molecule has 4 rings (SSSR count). The number of carbonyl (C=O) groups is 1. The molecule has 1 atom stereocenters. The lowest BCUT2D eigenvalue weighted by Crippen LogP contribution is -2.28. The average molecular weight is 393 g/mol. The normalized spacial score (nSPS) is 15.4. The molecular formula is C22H21ClN4O. The number of para-hydroxylation sites is 1. The molecule has 0 saturated carbocycles. The average Bonchev–Trinajstić information content (AvgIpc) is 3.04. The first-order chi connectivity index (χ1) is 13.6. The van der Waals surface area contributed by atoms with Gasteiger partial charge in [-0.15, -0.1) is 0 Å². The van der Waals surface area contributed by atoms with E-state index in [1.54, 1.807) is 12.4 Å². The molecule has 2 aromatic carbocycles. The number of hydrogen-bond donors (Lipinski definition) is 1. The third kappa shape index (κ3) is 3.85. The molecule has 0 saturated heterocycles. The van der Waals surface area contributed by atoms with E-state index < -0.39 is 0 Å². The maximum atomic E-state index is 12.4. The van der Waals surface area contributed by atoms with E-state index in [9.17, 15) is 4.79 Å². The van der Waals surface area contributed by atoms with Crippen molar-refractivity contribution < 1.29 is 4.79 Å². The zero-order chi connectivity index (χ0) is 19.5. The number of aromatic nitrogens is 2. The molecule has 0 spiro atoms. The maximum Gasteiger partial charge on any atom is 0.254 e. The summed E-state index contributed by atoms with van der Waals surface area (Å²) in [5.41, 5.74) is 3.96. The smallest absolute Gasteiger partial charge is 0.254 e. The molecule has 28 heavy (non-hydrogen) atoms. The molecule has 3 aromatic rings. The summed E-state index contributed by atoms with van der Waals surface area (Å²) in [5.74, 6) is 0.441. The molecule has 0 aliphatic carbocycles. The topological polar surface area (TPSA) is 58.1 Å². The largest absolute Gasteiger partial charge is 0.352 e. The van der Waals surface area contributed by atoms with Crippen LogP contribution >= 0.6 is 11.6 Å². The van der Waals surface area contributed by atoms with Gasteiger partial charge in [-0.2, -0.15) is 0 Å². The van der Waals surface area contributed by atoms with E-state index in [-0.39, 0.29) is 11.9 Å². The maximum absolute atomic E-state index is 12.4. The van der Waals surface area contributed by atoms with Crippen LogP contribution in [0.4, 0.5) is 11.6 Å². The van der Waals surface area contributed by atoms with E-state index in [4.69, 9.17) is 11.6 Å². The summed E-state index contributed by atoms with van der Waals surface area (Å²) >= 11 is 5.98. The molecule has 5 nitrogen and oxygen atoms in total. The Kier molecular flexibility index (Phi) is 5.26. The Balaban J connectivity index is 1.40. The van der Waals surface area contributed by atoms with Crippen LogP contribution in [0, 0.1) is 0 Å². The zero-order valence-electron chi connectivity index (χ0n) is 15.6. The van der Waals surface area contributed by atoms with Crippen LogP contribution in [0.2, 0.25) is 5.02 Å². The second-order valence-electron chi connectivity index (χ2n) is 6.96. The molecule has 0 bridgehead atoms. The van der Waals surface area contributed by atoms with Crippen molar-refractivity contribution in [1.29, 1.82) is 0 Å². The zero-order valence-corrected chi connectivity index (χ0v) is 16.4. The van der Waals surface area contributed by atoms with Crippen LogP contribution in [0.1, 0.15) is 28.4 Å². The lowest BCUT2D eigenvalue weighted by Gasteiger charge is -2.22. The lowest BCUT2D eigenvalue weighted by atomic mass is 10.1. The fourth-order valence-electron chi connectivity index (χ4n) is 3.55. The molecule has 0 fully saturated rings. The van der Waals surface area contributed by atoms with Gasteiger partial charge in [-0.1, -0.05) is 41.9 Å². The molecule has 0 radical (unpaired) electrons. The van der Waals surface area contributed by atoms with Crippen molar-refractivity contribution in [2.45, 2.75) is 25.8 Å². The molecule has 142 valence electrons. The van der Waals surface area contributed by atoms with E-state index in [2.05, 4.69) is 39.2 Å². The molecule has 1 aromatic heterocycles. The van der Waals surface area contributed by atoms with Crippen LogP contribution in [0.25, 0.3) is 0 Å². The number of rotatable bonds is 5. The van der Waals surface area contributed by atoms with Gasteiger partial charge >= 0.3 is 0 Å². The van der Waals surface area contributed by atoms with Gasteiger partial charge in [-0.3, -0.25) is 4.79 Å². The number of nitrogens with zero attached hydrogens (tertiary/aromatic N) is 3. The first kappa shape index (κ1) is 18.4. The Morgan fingerprint density at radius 1 is 1.18 bits per heavy atom. The van der Waals surface area contributed by atoms with Crippen molar-refractivity contribution in [2.24, 2.45) is 0 Å². The molecule has 1 unspecified atom stereocenters. The van der Waals surface area contributed by atoms with Crippen molar-refractivity contribution in [2.75, 3.05) is 11.4 Å². The number of benzene rings is 2. The van der Waals surface area contributed by atoms with Crippen molar-refractivity contribution in [3.63, 3.8) is 0 Å². The Hall–Kier alpha value is -2.92. The van der Waals surface area contributed by atoms with Crippen molar-refractivity contribution in [3.8, 4) is 0 Å². The Morgan fingerprint density at radius 2 is 1.96 bits per heavy atom. The number of hydrogen-bond acceptors (Lipinski definition) is 4. The minimum absolute atomic E-state index is 0.177. The summed E-state index contributed by atoms with van der Waals surface area (Å²) in [5, 5.41) is 3.60. The molecule has 1 aliphatic rings. The predicted molar refractivity (Wildman–Crippen MR) is 111 cm³/mol. The van der Waals surface area contributed by atoms with Crippen molar-refractivity contribution in [1.82, 2.24) is 15.3 Å². The highest BCUT2D eigenvalue weighted by Crippen LogP contribution is 2.36. The summed E-state index contributed by atoms with van der Waals surface area (Å²) < 4.78 is 0. The fraction of sp³-hybridized carbons (Fsp3) is 0.227. The number of fused-ring (bicyclic) bond motifs is 1. The highest BCUT2D eigenvalue weighted by molar-refractivity contribution is 6.30. The number of nitrogens with one attached hydrogen (secondary N) is 1. The lowest BCUT2D eigenvalue weighted by molar-refractivity contribution is 0.0953. The second kappa shape index (κ2) is 7.98. The van der Waals surface area contributed by atoms with Crippen LogP contribution in [0.3, 0.4) is 0 Å². The number of amides is 1. The molecule has 6 heteroatoms. The predicted octanol–water partition coefficient (Wildman–Crippen LogP) is 4.19. The van der Waals surface area contributed by atoms with Crippen LogP contribution in [0.15, 0.2) is 60.9 Å². The highest BCUT2D eigenvalue weighted by Gasteiger charge is 2.28. The van der Waals surface area contributed by atoms with Crippen LogP contribution < -0.4 is 10.2 Å². The minimum Gasteiger partial charge on any atom is -0.352 e. The number of anilines is 2. The van der Waals surface area contributed by atoms with Gasteiger partial charge in [0, 0.05) is 35.7 Å². The van der Waals surface area contributed by atoms with Crippen LogP contribution in [0.5, 0.6) is 0 Å². The van der Waals surface area contributed by atoms with Gasteiger partial charge in [-0.05, 0) is 49.1 Å². The standard InChI is InChI=1S/C22H21ClN4O/c1-15-11-17-6-2-3-8-20(17)27(15)22-25-13-18(14-26-22)21(28)24-10-9-16-5-4-7-19(23)12-16/h2-8,12-15H,9-11H2,1H3,(H,24,28). The van der Waals surface area contributed by atoms with Gasteiger partial charge in [-0.25, -0.2) is 9.97 Å². The van der Waals surface area contributed by atoms with E-state index in [1.807, 2.05) is 36.4 Å². The monoisotopic (exact) mass is 392 g/mol. The quantitative estimate of drug-likeness (QED) is 0.707. The first-order valence-electron chi connectivity index (χ1n) is 9.33. The second-order valence-corrected chi connectivity index (χ2v) is 7.40. The number of carbonyl (C=O) groups excluding carboxylic acids is 1. The van der Waals surface area contributed by atoms with Crippen molar-refractivity contribution in [3.05, 3.63) is 82.6 Å². The molecule has 1 aliphatic heterocycles. The first-order valence-corrected chi connectivity index (χ1v) is 9.71. The fourth-order valence-corrected chi connectivity index (χ4v) is 3.76. The van der Waals surface area contributed by atoms with Gasteiger partial charge in [0.15, 0.2) is 0 Å². The number of halogens is 1. The van der Waals surface area contributed by atoms with Crippen LogP contribution in [-0.4, -0.2) is 28.5 Å². The molecule has 2 heterocycles. The van der Waals surface area contributed by atoms with E-state index in [0.29, 0.717) is 29.5 Å². The van der Waals surface area contributed by atoms with Gasteiger partial charge in [0.25, 0.3) is 5.91 Å². The Bertz CT molecular complexity index is 990. The summed E-state index contributed by atoms with van der Waals surface area (Å²) in [6.45, 7) is 2.68. The third-order valence-corrected chi connectivity index (χ3v) is 5.15. The van der Waals surface area contributed by atoms with E-state index in [1.165, 1.54) is 5.56 Å². The van der Waals surface area contributed by atoms with Gasteiger partial charge in [0.1, 0.15) is 0 Å². The Labute approximate surface area is 169 Å².